The van der Waals surface area contributed by atoms with Crippen molar-refractivity contribution < 1.29 is 4.74 Å². The van der Waals surface area contributed by atoms with Crippen molar-refractivity contribution in [2.75, 3.05) is 37.1 Å². The predicted molar refractivity (Wildman–Crippen MR) is 81.3 cm³/mol. The summed E-state index contributed by atoms with van der Waals surface area (Å²) in [5, 5.41) is 9.10. The SMILES string of the molecule is CN(C)c1nnc(SCCOc2ccccc2N)s1. The van der Waals surface area contributed by atoms with Gasteiger partial charge in [0.1, 0.15) is 5.75 Å². The number of para-hydroxylation sites is 2. The summed E-state index contributed by atoms with van der Waals surface area (Å²) in [6, 6.07) is 7.50. The minimum Gasteiger partial charge on any atom is -0.491 e. The number of benzene rings is 1. The molecule has 102 valence electrons. The zero-order valence-corrected chi connectivity index (χ0v) is 12.5. The summed E-state index contributed by atoms with van der Waals surface area (Å²) >= 11 is 3.21. The molecule has 5 nitrogen and oxygen atoms in total. The van der Waals surface area contributed by atoms with Crippen molar-refractivity contribution in [2.45, 2.75) is 4.34 Å². The number of nitrogens with two attached hydrogens (primary N) is 1. The van der Waals surface area contributed by atoms with Crippen LogP contribution in [0.25, 0.3) is 0 Å². The third kappa shape index (κ3) is 4.00. The van der Waals surface area contributed by atoms with Gasteiger partial charge in [-0.3, -0.25) is 0 Å². The van der Waals surface area contributed by atoms with Crippen LogP contribution in [0.2, 0.25) is 0 Å². The molecular formula is C12H16N4OS2. The van der Waals surface area contributed by atoms with Gasteiger partial charge < -0.3 is 15.4 Å². The highest BCUT2D eigenvalue weighted by Crippen LogP contribution is 2.27. The molecule has 0 aliphatic rings. The van der Waals surface area contributed by atoms with E-state index >= 15 is 0 Å². The summed E-state index contributed by atoms with van der Waals surface area (Å²) in [4.78, 5) is 1.95. The first-order chi connectivity index (χ1) is 9.16. The van der Waals surface area contributed by atoms with E-state index in [9.17, 15) is 0 Å². The van der Waals surface area contributed by atoms with Gasteiger partial charge in [0.25, 0.3) is 0 Å². The standard InChI is InChI=1S/C12H16N4OS2/c1-16(2)11-14-15-12(19-11)18-8-7-17-10-6-4-3-5-9(10)13/h3-6H,7-8,13H2,1-2H3. The zero-order chi connectivity index (χ0) is 13.7. The topological polar surface area (TPSA) is 64.3 Å². The Morgan fingerprint density at radius 2 is 2.11 bits per heavy atom. The first-order valence-corrected chi connectivity index (χ1v) is 7.58. The number of thioether (sulfide) groups is 1. The largest absolute Gasteiger partial charge is 0.491 e. The van der Waals surface area contributed by atoms with Gasteiger partial charge in [0.05, 0.1) is 12.3 Å². The van der Waals surface area contributed by atoms with Gasteiger partial charge in [0.2, 0.25) is 5.13 Å². The number of aromatic nitrogens is 2. The van der Waals surface area contributed by atoms with E-state index in [4.69, 9.17) is 10.5 Å². The summed E-state index contributed by atoms with van der Waals surface area (Å²) in [6.07, 6.45) is 0. The van der Waals surface area contributed by atoms with Crippen LogP contribution in [-0.2, 0) is 0 Å². The Balaban J connectivity index is 1.76. The van der Waals surface area contributed by atoms with Crippen molar-refractivity contribution >= 4 is 33.9 Å². The van der Waals surface area contributed by atoms with Crippen LogP contribution in [0.15, 0.2) is 28.6 Å². The molecule has 0 unspecified atom stereocenters. The van der Waals surface area contributed by atoms with E-state index in [1.165, 1.54) is 0 Å². The van der Waals surface area contributed by atoms with Crippen molar-refractivity contribution in [3.8, 4) is 5.75 Å². The molecule has 0 saturated heterocycles. The fraction of sp³-hybridized carbons (Fsp3) is 0.333. The van der Waals surface area contributed by atoms with Crippen molar-refractivity contribution in [2.24, 2.45) is 0 Å². The van der Waals surface area contributed by atoms with Gasteiger partial charge in [-0.1, -0.05) is 35.2 Å². The Bertz CT molecular complexity index is 530. The van der Waals surface area contributed by atoms with Crippen LogP contribution in [0.3, 0.4) is 0 Å². The molecular weight excluding hydrogens is 280 g/mol. The second-order valence-electron chi connectivity index (χ2n) is 3.98. The van der Waals surface area contributed by atoms with E-state index in [1.807, 2.05) is 43.3 Å². The fourth-order valence-corrected chi connectivity index (χ4v) is 2.99. The molecule has 0 radical (unpaired) electrons. The van der Waals surface area contributed by atoms with E-state index in [2.05, 4.69) is 10.2 Å². The van der Waals surface area contributed by atoms with Crippen LogP contribution >= 0.6 is 23.1 Å². The zero-order valence-electron chi connectivity index (χ0n) is 10.9. The van der Waals surface area contributed by atoms with Gasteiger partial charge in [-0.05, 0) is 12.1 Å². The van der Waals surface area contributed by atoms with Crippen LogP contribution in [-0.4, -0.2) is 36.7 Å². The minimum atomic E-state index is 0.593. The molecule has 1 heterocycles. The molecule has 1 aromatic heterocycles. The van der Waals surface area contributed by atoms with Crippen LogP contribution in [0.4, 0.5) is 10.8 Å². The molecule has 7 heteroatoms. The number of hydrogen-bond donors (Lipinski definition) is 1. The molecule has 1 aromatic carbocycles. The number of rotatable bonds is 6. The van der Waals surface area contributed by atoms with Crippen LogP contribution in [0.5, 0.6) is 5.75 Å². The van der Waals surface area contributed by atoms with Gasteiger partial charge in [-0.25, -0.2) is 0 Å². The average molecular weight is 296 g/mol. The summed E-state index contributed by atoms with van der Waals surface area (Å²) < 4.78 is 6.57. The third-order valence-electron chi connectivity index (χ3n) is 2.26. The van der Waals surface area contributed by atoms with Crippen molar-refractivity contribution in [1.29, 1.82) is 0 Å². The highest BCUT2D eigenvalue weighted by atomic mass is 32.2. The van der Waals surface area contributed by atoms with Crippen LogP contribution in [0.1, 0.15) is 0 Å². The Morgan fingerprint density at radius 1 is 1.32 bits per heavy atom. The average Bonchev–Trinajstić information content (AvgIpc) is 2.85. The Morgan fingerprint density at radius 3 is 2.79 bits per heavy atom. The molecule has 19 heavy (non-hydrogen) atoms. The summed E-state index contributed by atoms with van der Waals surface area (Å²) in [7, 11) is 3.91. The number of anilines is 2. The number of nitrogens with zero attached hydrogens (tertiary/aromatic N) is 3. The highest BCUT2D eigenvalue weighted by Gasteiger charge is 2.06. The maximum absolute atomic E-state index is 5.79. The lowest BCUT2D eigenvalue weighted by Gasteiger charge is -2.07. The maximum Gasteiger partial charge on any atom is 0.208 e. The third-order valence-corrected chi connectivity index (χ3v) is 4.45. The first-order valence-electron chi connectivity index (χ1n) is 5.78. The number of hydrogen-bond acceptors (Lipinski definition) is 7. The molecule has 2 aromatic rings. The molecule has 0 fully saturated rings. The quantitative estimate of drug-likeness (QED) is 0.501. The van der Waals surface area contributed by atoms with Gasteiger partial charge in [-0.2, -0.15) is 0 Å². The number of ether oxygens (including phenoxy) is 1. The monoisotopic (exact) mass is 296 g/mol. The van der Waals surface area contributed by atoms with Crippen molar-refractivity contribution in [3.63, 3.8) is 0 Å². The summed E-state index contributed by atoms with van der Waals surface area (Å²) in [5.74, 6) is 1.55. The summed E-state index contributed by atoms with van der Waals surface area (Å²) in [5.41, 5.74) is 6.46. The second-order valence-corrected chi connectivity index (χ2v) is 6.28. The Hall–Kier alpha value is -1.47. The van der Waals surface area contributed by atoms with E-state index in [0.717, 1.165) is 21.0 Å². The maximum atomic E-state index is 5.79. The lowest BCUT2D eigenvalue weighted by atomic mass is 10.3. The molecule has 0 aliphatic carbocycles. The lowest BCUT2D eigenvalue weighted by molar-refractivity contribution is 0.346. The van der Waals surface area contributed by atoms with Crippen LogP contribution in [0, 0.1) is 0 Å². The molecule has 2 rings (SSSR count). The van der Waals surface area contributed by atoms with E-state index < -0.39 is 0 Å². The smallest absolute Gasteiger partial charge is 0.208 e. The van der Waals surface area contributed by atoms with Gasteiger partial charge in [0.15, 0.2) is 4.34 Å². The Labute approximate surface area is 120 Å². The molecule has 0 spiro atoms. The number of nitrogen functional groups attached to an aromatic ring is 1. The van der Waals surface area contributed by atoms with Crippen molar-refractivity contribution in [3.05, 3.63) is 24.3 Å². The predicted octanol–water partition coefficient (Wildman–Crippen LogP) is 2.36. The van der Waals surface area contributed by atoms with Crippen LogP contribution < -0.4 is 15.4 Å². The van der Waals surface area contributed by atoms with E-state index in [0.29, 0.717) is 12.3 Å². The van der Waals surface area contributed by atoms with Crippen molar-refractivity contribution in [1.82, 2.24) is 10.2 Å². The molecule has 2 N–H and O–H groups in total. The Kier molecular flexibility index (Phi) is 4.86. The van der Waals surface area contributed by atoms with E-state index in [1.54, 1.807) is 23.1 Å². The molecule has 0 amide bonds. The van der Waals surface area contributed by atoms with Gasteiger partial charge >= 0.3 is 0 Å². The molecule has 0 aliphatic heterocycles. The van der Waals surface area contributed by atoms with Gasteiger partial charge in [0, 0.05) is 19.8 Å². The highest BCUT2D eigenvalue weighted by molar-refractivity contribution is 8.01. The summed E-state index contributed by atoms with van der Waals surface area (Å²) in [6.45, 7) is 0.593. The normalized spacial score (nSPS) is 10.4. The molecule has 0 saturated carbocycles. The van der Waals surface area contributed by atoms with E-state index in [-0.39, 0.29) is 0 Å². The first kappa shape index (κ1) is 14.0. The lowest BCUT2D eigenvalue weighted by Crippen LogP contribution is -2.07. The minimum absolute atomic E-state index is 0.593. The van der Waals surface area contributed by atoms with Gasteiger partial charge in [-0.15, -0.1) is 10.2 Å². The molecule has 0 atom stereocenters. The second kappa shape index (κ2) is 6.63. The fourth-order valence-electron chi connectivity index (χ4n) is 1.33. The molecule has 0 bridgehead atoms.